The Hall–Kier alpha value is -1.38. The summed E-state index contributed by atoms with van der Waals surface area (Å²) in [6.07, 6.45) is 0. The van der Waals surface area contributed by atoms with E-state index in [9.17, 15) is 0 Å². The fourth-order valence-electron chi connectivity index (χ4n) is 2.73. The largest absolute Gasteiger partial charge is 0.330 e. The molecule has 0 amide bonds. The molecule has 2 aromatic rings. The zero-order valence-electron chi connectivity index (χ0n) is 11.4. The van der Waals surface area contributed by atoms with Gasteiger partial charge in [0.2, 0.25) is 0 Å². The maximum absolute atomic E-state index is 5.87. The summed E-state index contributed by atoms with van der Waals surface area (Å²) in [4.78, 5) is 2.26. The highest BCUT2D eigenvalue weighted by Crippen LogP contribution is 2.31. The van der Waals surface area contributed by atoms with Crippen LogP contribution in [0.15, 0.2) is 42.5 Å². The first-order valence-corrected chi connectivity index (χ1v) is 6.49. The number of fused-ring (bicyclic) bond motifs is 1. The second kappa shape index (κ2) is 5.51. The van der Waals surface area contributed by atoms with Gasteiger partial charge in [0.25, 0.3) is 0 Å². The molecule has 0 fully saturated rings. The van der Waals surface area contributed by atoms with Gasteiger partial charge in [-0.05, 0) is 42.9 Å². The summed E-state index contributed by atoms with van der Waals surface area (Å²) in [5.41, 5.74) is 7.24. The van der Waals surface area contributed by atoms with Crippen molar-refractivity contribution in [3.05, 3.63) is 48.0 Å². The average Bonchev–Trinajstić information content (AvgIpc) is 2.38. The van der Waals surface area contributed by atoms with E-state index in [1.807, 2.05) is 0 Å². The van der Waals surface area contributed by atoms with Gasteiger partial charge in [-0.2, -0.15) is 0 Å². The van der Waals surface area contributed by atoms with E-state index in [-0.39, 0.29) is 0 Å². The van der Waals surface area contributed by atoms with Crippen molar-refractivity contribution >= 4 is 10.8 Å². The Morgan fingerprint density at radius 1 is 1.06 bits per heavy atom. The van der Waals surface area contributed by atoms with Crippen molar-refractivity contribution in [1.29, 1.82) is 0 Å². The molecule has 96 valence electrons. The molecule has 18 heavy (non-hydrogen) atoms. The third kappa shape index (κ3) is 2.40. The molecule has 0 heterocycles. The van der Waals surface area contributed by atoms with Gasteiger partial charge in [0.1, 0.15) is 0 Å². The normalized spacial score (nSPS) is 14.9. The third-order valence-corrected chi connectivity index (χ3v) is 3.61. The van der Waals surface area contributed by atoms with Crippen LogP contribution in [0.2, 0.25) is 0 Å². The van der Waals surface area contributed by atoms with E-state index in [0.29, 0.717) is 18.5 Å². The number of benzene rings is 2. The molecule has 0 aliphatic rings. The number of nitrogens with zero attached hydrogens (tertiary/aromatic N) is 1. The average molecular weight is 242 g/mol. The summed E-state index contributed by atoms with van der Waals surface area (Å²) in [6.45, 7) is 2.92. The fourth-order valence-corrected chi connectivity index (χ4v) is 2.73. The zero-order chi connectivity index (χ0) is 13.1. The van der Waals surface area contributed by atoms with Gasteiger partial charge < -0.3 is 10.6 Å². The highest BCUT2D eigenvalue weighted by molar-refractivity contribution is 5.86. The van der Waals surface area contributed by atoms with Crippen molar-refractivity contribution in [2.24, 2.45) is 11.7 Å². The molecule has 2 nitrogen and oxygen atoms in total. The Morgan fingerprint density at radius 2 is 1.72 bits per heavy atom. The van der Waals surface area contributed by atoms with Crippen LogP contribution < -0.4 is 5.73 Å². The summed E-state index contributed by atoms with van der Waals surface area (Å²) in [6, 6.07) is 15.4. The van der Waals surface area contributed by atoms with Crippen LogP contribution in [0.1, 0.15) is 18.5 Å². The number of rotatable bonds is 4. The Labute approximate surface area is 109 Å². The topological polar surface area (TPSA) is 29.3 Å². The number of hydrogen-bond acceptors (Lipinski definition) is 2. The van der Waals surface area contributed by atoms with Crippen LogP contribution in [0.25, 0.3) is 10.8 Å². The summed E-state index contributed by atoms with van der Waals surface area (Å²) in [7, 11) is 4.25. The van der Waals surface area contributed by atoms with Gasteiger partial charge in [-0.25, -0.2) is 0 Å². The second-order valence-electron chi connectivity index (χ2n) is 5.19. The maximum atomic E-state index is 5.87. The van der Waals surface area contributed by atoms with Gasteiger partial charge in [-0.15, -0.1) is 0 Å². The molecule has 2 heteroatoms. The van der Waals surface area contributed by atoms with E-state index in [1.165, 1.54) is 16.3 Å². The second-order valence-corrected chi connectivity index (χ2v) is 5.19. The van der Waals surface area contributed by atoms with E-state index >= 15 is 0 Å². The molecule has 0 saturated carbocycles. The molecular formula is C16H22N2. The minimum absolute atomic E-state index is 0.362. The summed E-state index contributed by atoms with van der Waals surface area (Å²) >= 11 is 0. The van der Waals surface area contributed by atoms with Crippen molar-refractivity contribution in [3.8, 4) is 0 Å². The minimum Gasteiger partial charge on any atom is -0.330 e. The lowest BCUT2D eigenvalue weighted by Crippen LogP contribution is -2.30. The minimum atomic E-state index is 0.362. The molecule has 2 unspecified atom stereocenters. The van der Waals surface area contributed by atoms with Crippen molar-refractivity contribution in [3.63, 3.8) is 0 Å². The Bertz CT molecular complexity index is 514. The lowest BCUT2D eigenvalue weighted by atomic mass is 9.90. The molecule has 0 radical (unpaired) electrons. The number of hydrogen-bond donors (Lipinski definition) is 1. The summed E-state index contributed by atoms with van der Waals surface area (Å²) in [5, 5.41) is 2.63. The van der Waals surface area contributed by atoms with Crippen molar-refractivity contribution in [1.82, 2.24) is 4.90 Å². The van der Waals surface area contributed by atoms with Crippen LogP contribution in [0.5, 0.6) is 0 Å². The predicted molar refractivity (Wildman–Crippen MR) is 78.6 cm³/mol. The standard InChI is InChI=1S/C16H22N2/c1-12(11-17)16(18(2)3)15-10-6-8-13-7-4-5-9-14(13)15/h4-10,12,16H,11,17H2,1-3H3. The van der Waals surface area contributed by atoms with Crippen LogP contribution in [-0.4, -0.2) is 25.5 Å². The molecule has 2 rings (SSSR count). The van der Waals surface area contributed by atoms with Gasteiger partial charge in [0, 0.05) is 6.04 Å². The van der Waals surface area contributed by atoms with E-state index < -0.39 is 0 Å². The van der Waals surface area contributed by atoms with Crippen LogP contribution in [0.3, 0.4) is 0 Å². The highest BCUT2D eigenvalue weighted by Gasteiger charge is 2.21. The third-order valence-electron chi connectivity index (χ3n) is 3.61. The van der Waals surface area contributed by atoms with Gasteiger partial charge in [-0.3, -0.25) is 0 Å². The molecule has 0 aliphatic heterocycles. The van der Waals surface area contributed by atoms with Gasteiger partial charge >= 0.3 is 0 Å². The van der Waals surface area contributed by atoms with Gasteiger partial charge in [-0.1, -0.05) is 49.4 Å². The Balaban J connectivity index is 2.57. The van der Waals surface area contributed by atoms with E-state index in [2.05, 4.69) is 68.4 Å². The molecule has 0 aromatic heterocycles. The molecule has 2 aromatic carbocycles. The van der Waals surface area contributed by atoms with Crippen molar-refractivity contribution < 1.29 is 0 Å². The predicted octanol–water partition coefficient (Wildman–Crippen LogP) is 3.04. The van der Waals surface area contributed by atoms with Crippen LogP contribution >= 0.6 is 0 Å². The van der Waals surface area contributed by atoms with Gasteiger partial charge in [0.05, 0.1) is 0 Å². The van der Waals surface area contributed by atoms with Crippen LogP contribution in [0, 0.1) is 5.92 Å². The van der Waals surface area contributed by atoms with Crippen LogP contribution in [0.4, 0.5) is 0 Å². The van der Waals surface area contributed by atoms with E-state index in [4.69, 9.17) is 5.73 Å². The number of nitrogens with two attached hydrogens (primary N) is 1. The molecule has 0 bridgehead atoms. The van der Waals surface area contributed by atoms with E-state index in [0.717, 1.165) is 0 Å². The fraction of sp³-hybridized carbons (Fsp3) is 0.375. The van der Waals surface area contributed by atoms with Crippen molar-refractivity contribution in [2.45, 2.75) is 13.0 Å². The van der Waals surface area contributed by atoms with Gasteiger partial charge in [0.15, 0.2) is 0 Å². The first kappa shape index (κ1) is 13.1. The van der Waals surface area contributed by atoms with Crippen LogP contribution in [-0.2, 0) is 0 Å². The first-order chi connectivity index (χ1) is 8.65. The molecule has 2 N–H and O–H groups in total. The molecule has 0 spiro atoms. The zero-order valence-corrected chi connectivity index (χ0v) is 11.4. The quantitative estimate of drug-likeness (QED) is 0.893. The lowest BCUT2D eigenvalue weighted by molar-refractivity contribution is 0.229. The Morgan fingerprint density at radius 3 is 2.39 bits per heavy atom. The lowest BCUT2D eigenvalue weighted by Gasteiger charge is -2.30. The summed E-state index contributed by atoms with van der Waals surface area (Å²) in [5.74, 6) is 0.436. The maximum Gasteiger partial charge on any atom is 0.0385 e. The molecular weight excluding hydrogens is 220 g/mol. The molecule has 0 saturated heterocycles. The highest BCUT2D eigenvalue weighted by atomic mass is 15.1. The first-order valence-electron chi connectivity index (χ1n) is 6.49. The van der Waals surface area contributed by atoms with E-state index in [1.54, 1.807) is 0 Å². The smallest absolute Gasteiger partial charge is 0.0385 e. The summed E-state index contributed by atoms with van der Waals surface area (Å²) < 4.78 is 0. The SMILES string of the molecule is CC(CN)C(c1cccc2ccccc12)N(C)C. The molecule has 0 aliphatic carbocycles. The monoisotopic (exact) mass is 242 g/mol. The Kier molecular flexibility index (Phi) is 4.00. The molecule has 2 atom stereocenters. The van der Waals surface area contributed by atoms with Crippen molar-refractivity contribution in [2.75, 3.05) is 20.6 Å².